The number of amides is 2. The van der Waals surface area contributed by atoms with Gasteiger partial charge in [-0.05, 0) is 59.2 Å². The highest BCUT2D eigenvalue weighted by Gasteiger charge is 2.43. The zero-order valence-corrected chi connectivity index (χ0v) is 19.0. The number of fused-ring (bicyclic) bond motifs is 1. The first-order valence-corrected chi connectivity index (χ1v) is 11.4. The van der Waals surface area contributed by atoms with Crippen molar-refractivity contribution in [2.75, 3.05) is 10.6 Å². The van der Waals surface area contributed by atoms with Crippen LogP contribution in [0.1, 0.15) is 23.5 Å². The standard InChI is InChI=1S/C27H22ClN3O3/c28-24-3-1-2-4-25(24)31-27(33)34-16-17-5-7-18(8-6-17)22-14-23(22)26(32)30-21-10-9-20-15-29-12-11-19(20)13-21/h1-13,15,22-23H,14,16H2,(H,30,32)(H,31,33). The van der Waals surface area contributed by atoms with Crippen LogP contribution in [0, 0.1) is 5.92 Å². The van der Waals surface area contributed by atoms with Crippen molar-refractivity contribution in [3.63, 3.8) is 0 Å². The second-order valence-corrected chi connectivity index (χ2v) is 8.71. The molecule has 1 heterocycles. The predicted molar refractivity (Wildman–Crippen MR) is 133 cm³/mol. The Morgan fingerprint density at radius 3 is 2.62 bits per heavy atom. The molecule has 2 N–H and O–H groups in total. The van der Waals surface area contributed by atoms with Gasteiger partial charge in [0.2, 0.25) is 5.91 Å². The number of pyridine rings is 1. The van der Waals surface area contributed by atoms with Crippen LogP contribution in [0.4, 0.5) is 16.2 Å². The number of nitrogens with zero attached hydrogens (tertiary/aromatic N) is 1. The summed E-state index contributed by atoms with van der Waals surface area (Å²) in [5.74, 6) is 0.182. The monoisotopic (exact) mass is 471 g/mol. The summed E-state index contributed by atoms with van der Waals surface area (Å²) in [4.78, 5) is 28.9. The van der Waals surface area contributed by atoms with Crippen LogP contribution >= 0.6 is 11.6 Å². The fourth-order valence-corrected chi connectivity index (χ4v) is 4.15. The maximum Gasteiger partial charge on any atom is 0.412 e. The van der Waals surface area contributed by atoms with Gasteiger partial charge in [-0.15, -0.1) is 0 Å². The van der Waals surface area contributed by atoms with Crippen LogP contribution in [0.25, 0.3) is 10.8 Å². The average molecular weight is 472 g/mol. The van der Waals surface area contributed by atoms with Crippen molar-refractivity contribution in [2.24, 2.45) is 5.92 Å². The van der Waals surface area contributed by atoms with Gasteiger partial charge in [-0.25, -0.2) is 4.79 Å². The number of aromatic nitrogens is 1. The van der Waals surface area contributed by atoms with E-state index in [1.807, 2.05) is 48.5 Å². The number of para-hydroxylation sites is 1. The molecular weight excluding hydrogens is 450 g/mol. The number of hydrogen-bond donors (Lipinski definition) is 2. The lowest BCUT2D eigenvalue weighted by molar-refractivity contribution is -0.117. The van der Waals surface area contributed by atoms with Gasteiger partial charge in [0.25, 0.3) is 0 Å². The SMILES string of the molecule is O=C(Nc1ccccc1Cl)OCc1ccc(C2CC2C(=O)Nc2ccc3cnccc3c2)cc1. The van der Waals surface area contributed by atoms with Gasteiger partial charge in [0.05, 0.1) is 10.7 Å². The molecule has 1 aromatic heterocycles. The summed E-state index contributed by atoms with van der Waals surface area (Å²) < 4.78 is 5.28. The van der Waals surface area contributed by atoms with Gasteiger partial charge < -0.3 is 10.1 Å². The first-order chi connectivity index (χ1) is 16.6. The van der Waals surface area contributed by atoms with Crippen LogP contribution in [0.3, 0.4) is 0 Å². The van der Waals surface area contributed by atoms with E-state index < -0.39 is 6.09 Å². The van der Waals surface area contributed by atoms with E-state index in [9.17, 15) is 9.59 Å². The number of nitrogens with one attached hydrogen (secondary N) is 2. The van der Waals surface area contributed by atoms with Crippen LogP contribution in [-0.4, -0.2) is 17.0 Å². The summed E-state index contributed by atoms with van der Waals surface area (Å²) in [5, 5.41) is 8.18. The van der Waals surface area contributed by atoms with Crippen LogP contribution in [0.2, 0.25) is 5.02 Å². The number of ether oxygens (including phenoxy) is 1. The minimum Gasteiger partial charge on any atom is -0.444 e. The van der Waals surface area contributed by atoms with Crippen molar-refractivity contribution in [1.82, 2.24) is 4.98 Å². The molecule has 34 heavy (non-hydrogen) atoms. The Kier molecular flexibility index (Phi) is 6.14. The Morgan fingerprint density at radius 1 is 0.971 bits per heavy atom. The highest BCUT2D eigenvalue weighted by Crippen LogP contribution is 2.48. The largest absolute Gasteiger partial charge is 0.444 e. The minimum absolute atomic E-state index is 0.0297. The van der Waals surface area contributed by atoms with Crippen molar-refractivity contribution in [1.29, 1.82) is 0 Å². The summed E-state index contributed by atoms with van der Waals surface area (Å²) >= 11 is 6.04. The van der Waals surface area contributed by atoms with E-state index >= 15 is 0 Å². The van der Waals surface area contributed by atoms with Crippen molar-refractivity contribution in [3.05, 3.63) is 101 Å². The number of carbonyl (C=O) groups is 2. The zero-order valence-electron chi connectivity index (χ0n) is 18.2. The number of halogens is 1. The highest BCUT2D eigenvalue weighted by molar-refractivity contribution is 6.33. The molecule has 4 aromatic rings. The van der Waals surface area contributed by atoms with E-state index in [1.54, 1.807) is 36.7 Å². The third-order valence-corrected chi connectivity index (χ3v) is 6.25. The summed E-state index contributed by atoms with van der Waals surface area (Å²) in [5.41, 5.74) is 3.26. The topological polar surface area (TPSA) is 80.3 Å². The first-order valence-electron chi connectivity index (χ1n) is 11.0. The molecule has 0 bridgehead atoms. The van der Waals surface area contributed by atoms with E-state index in [2.05, 4.69) is 15.6 Å². The number of carbonyl (C=O) groups excluding carboxylic acids is 2. The molecule has 3 aromatic carbocycles. The van der Waals surface area contributed by atoms with Gasteiger partial charge >= 0.3 is 6.09 Å². The molecule has 1 aliphatic carbocycles. The van der Waals surface area contributed by atoms with Gasteiger partial charge in [0.15, 0.2) is 0 Å². The fraction of sp³-hybridized carbons (Fsp3) is 0.148. The molecule has 7 heteroatoms. The first kappa shape index (κ1) is 21.9. The maximum absolute atomic E-state index is 12.7. The molecule has 0 saturated heterocycles. The van der Waals surface area contributed by atoms with Gasteiger partial charge in [0, 0.05) is 29.4 Å². The van der Waals surface area contributed by atoms with E-state index in [4.69, 9.17) is 16.3 Å². The Hall–Kier alpha value is -3.90. The molecule has 2 atom stereocenters. The smallest absolute Gasteiger partial charge is 0.412 e. The Balaban J connectivity index is 1.12. The third kappa shape index (κ3) is 5.02. The zero-order chi connectivity index (χ0) is 23.5. The quantitative estimate of drug-likeness (QED) is 0.342. The van der Waals surface area contributed by atoms with Gasteiger partial charge in [-0.1, -0.05) is 54.1 Å². The van der Waals surface area contributed by atoms with Crippen LogP contribution in [0.15, 0.2) is 85.2 Å². The van der Waals surface area contributed by atoms with Crippen LogP contribution in [0.5, 0.6) is 0 Å². The molecule has 1 fully saturated rings. The number of hydrogen-bond acceptors (Lipinski definition) is 4. The Labute approximate surface area is 201 Å². The molecule has 5 rings (SSSR count). The third-order valence-electron chi connectivity index (χ3n) is 5.92. The lowest BCUT2D eigenvalue weighted by Gasteiger charge is -2.09. The fourth-order valence-electron chi connectivity index (χ4n) is 3.97. The van der Waals surface area contributed by atoms with Gasteiger partial charge in [-0.3, -0.25) is 15.1 Å². The highest BCUT2D eigenvalue weighted by atomic mass is 35.5. The Morgan fingerprint density at radius 2 is 1.79 bits per heavy atom. The van der Waals surface area contributed by atoms with Gasteiger partial charge in [0.1, 0.15) is 6.61 Å². The summed E-state index contributed by atoms with van der Waals surface area (Å²) in [6.07, 6.45) is 3.79. The van der Waals surface area contributed by atoms with Crippen LogP contribution in [-0.2, 0) is 16.1 Å². The molecule has 0 aliphatic heterocycles. The molecule has 1 aliphatic rings. The molecular formula is C27H22ClN3O3. The van der Waals surface area contributed by atoms with Crippen molar-refractivity contribution in [3.8, 4) is 0 Å². The van der Waals surface area contributed by atoms with Crippen LogP contribution < -0.4 is 10.6 Å². The molecule has 0 radical (unpaired) electrons. The Bertz CT molecular complexity index is 1360. The second kappa shape index (κ2) is 9.53. The number of rotatable bonds is 6. The lowest BCUT2D eigenvalue weighted by Crippen LogP contribution is -2.14. The van der Waals surface area contributed by atoms with E-state index in [1.165, 1.54) is 0 Å². The van der Waals surface area contributed by atoms with E-state index in [-0.39, 0.29) is 24.3 Å². The predicted octanol–water partition coefficient (Wildman–Crippen LogP) is 6.38. The molecule has 2 unspecified atom stereocenters. The van der Waals surface area contributed by atoms with E-state index in [0.717, 1.165) is 34.0 Å². The number of benzene rings is 3. The van der Waals surface area contributed by atoms with Gasteiger partial charge in [-0.2, -0.15) is 0 Å². The molecule has 2 amide bonds. The molecule has 170 valence electrons. The average Bonchev–Trinajstić information content (AvgIpc) is 3.66. The summed E-state index contributed by atoms with van der Waals surface area (Å²) in [6, 6.07) is 22.5. The van der Waals surface area contributed by atoms with Crippen molar-refractivity contribution in [2.45, 2.75) is 18.9 Å². The van der Waals surface area contributed by atoms with Crippen molar-refractivity contribution >= 4 is 45.7 Å². The summed E-state index contributed by atoms with van der Waals surface area (Å²) in [7, 11) is 0. The van der Waals surface area contributed by atoms with Crippen molar-refractivity contribution < 1.29 is 14.3 Å². The minimum atomic E-state index is -0.568. The summed E-state index contributed by atoms with van der Waals surface area (Å²) in [6.45, 7) is 0.141. The molecule has 1 saturated carbocycles. The maximum atomic E-state index is 12.7. The second-order valence-electron chi connectivity index (χ2n) is 8.30. The number of anilines is 2. The normalized spacial score (nSPS) is 16.6. The molecule has 0 spiro atoms. The van der Waals surface area contributed by atoms with E-state index in [0.29, 0.717) is 10.7 Å². The lowest BCUT2D eigenvalue weighted by atomic mass is 10.1. The molecule has 6 nitrogen and oxygen atoms in total.